The molecule has 8 nitrogen and oxygen atoms in total. The molecule has 0 saturated carbocycles. The van der Waals surface area contributed by atoms with E-state index in [0.717, 1.165) is 26.9 Å². The van der Waals surface area contributed by atoms with Gasteiger partial charge in [0.1, 0.15) is 5.82 Å². The SMILES string of the molecule is Cc1cc2[nH]c(NC(=O)CCc3ncc[nH]3)nc2cc1Br.O=C(O)C(F)(F)F. The van der Waals surface area contributed by atoms with E-state index in [-0.39, 0.29) is 5.91 Å². The number of benzene rings is 1. The van der Waals surface area contributed by atoms with Crippen molar-refractivity contribution in [1.82, 2.24) is 19.9 Å². The summed E-state index contributed by atoms with van der Waals surface area (Å²) in [6.45, 7) is 2.01. The van der Waals surface area contributed by atoms with Crippen LogP contribution in [-0.4, -0.2) is 43.1 Å². The number of carboxylic acids is 1. The Bertz CT molecular complexity index is 931. The summed E-state index contributed by atoms with van der Waals surface area (Å²) in [7, 11) is 0. The van der Waals surface area contributed by atoms with Crippen LogP contribution in [0, 0.1) is 6.92 Å². The number of carbonyl (C=O) groups is 2. The largest absolute Gasteiger partial charge is 0.490 e. The van der Waals surface area contributed by atoms with Gasteiger partial charge in [-0.1, -0.05) is 15.9 Å². The molecule has 28 heavy (non-hydrogen) atoms. The Morgan fingerprint density at radius 2 is 2.00 bits per heavy atom. The summed E-state index contributed by atoms with van der Waals surface area (Å²) in [6, 6.07) is 3.92. The fraction of sp³-hybridized carbons (Fsp3) is 0.250. The first-order chi connectivity index (χ1) is 13.1. The first kappa shape index (κ1) is 21.4. The number of aromatic nitrogens is 4. The quantitative estimate of drug-likeness (QED) is 0.472. The van der Waals surface area contributed by atoms with Crippen LogP contribution in [0.25, 0.3) is 11.0 Å². The summed E-state index contributed by atoms with van der Waals surface area (Å²) < 4.78 is 32.7. The monoisotopic (exact) mass is 461 g/mol. The Hall–Kier alpha value is -2.89. The number of hydrogen-bond acceptors (Lipinski definition) is 4. The van der Waals surface area contributed by atoms with E-state index in [9.17, 15) is 18.0 Å². The molecule has 1 aromatic carbocycles. The second-order valence-corrected chi connectivity index (χ2v) is 6.45. The topological polar surface area (TPSA) is 124 Å². The molecule has 0 unspecified atom stereocenters. The van der Waals surface area contributed by atoms with Gasteiger partial charge in [0, 0.05) is 29.7 Å². The van der Waals surface area contributed by atoms with Crippen LogP contribution in [-0.2, 0) is 16.0 Å². The van der Waals surface area contributed by atoms with Gasteiger partial charge in [0.15, 0.2) is 0 Å². The number of amides is 1. The molecule has 0 fully saturated rings. The van der Waals surface area contributed by atoms with E-state index in [0.29, 0.717) is 18.8 Å². The molecule has 0 radical (unpaired) electrons. The molecule has 0 saturated heterocycles. The van der Waals surface area contributed by atoms with E-state index < -0.39 is 12.1 Å². The highest BCUT2D eigenvalue weighted by atomic mass is 79.9. The van der Waals surface area contributed by atoms with E-state index in [1.54, 1.807) is 12.4 Å². The number of hydrogen-bond donors (Lipinski definition) is 4. The van der Waals surface area contributed by atoms with Crippen LogP contribution in [0.1, 0.15) is 17.8 Å². The third-order valence-corrected chi connectivity index (χ3v) is 4.26. The molecule has 2 aromatic heterocycles. The number of H-pyrrole nitrogens is 2. The molecule has 0 aliphatic carbocycles. The highest BCUT2D eigenvalue weighted by Gasteiger charge is 2.38. The summed E-state index contributed by atoms with van der Waals surface area (Å²) in [5.41, 5.74) is 2.83. The Labute approximate surface area is 164 Å². The number of carboxylic acid groups (broad SMARTS) is 1. The molecule has 0 spiro atoms. The van der Waals surface area contributed by atoms with Crippen molar-refractivity contribution in [2.24, 2.45) is 0 Å². The summed E-state index contributed by atoms with van der Waals surface area (Å²) in [5, 5.41) is 9.90. The lowest BCUT2D eigenvalue weighted by Gasteiger charge is -2.00. The number of aliphatic carboxylic acids is 1. The lowest BCUT2D eigenvalue weighted by atomic mass is 10.2. The number of nitrogens with zero attached hydrogens (tertiary/aromatic N) is 2. The van der Waals surface area contributed by atoms with Crippen molar-refractivity contribution in [1.29, 1.82) is 0 Å². The van der Waals surface area contributed by atoms with Crippen LogP contribution in [0.4, 0.5) is 19.1 Å². The van der Waals surface area contributed by atoms with Crippen molar-refractivity contribution in [3.05, 3.63) is 40.4 Å². The Balaban J connectivity index is 0.000000345. The van der Waals surface area contributed by atoms with E-state index in [1.807, 2.05) is 19.1 Å². The summed E-state index contributed by atoms with van der Waals surface area (Å²) in [4.78, 5) is 35.3. The molecular weight excluding hydrogens is 447 g/mol. The Kier molecular flexibility index (Phi) is 6.78. The molecule has 0 aliphatic heterocycles. The first-order valence-electron chi connectivity index (χ1n) is 7.80. The normalized spacial score (nSPS) is 11.0. The van der Waals surface area contributed by atoms with Gasteiger partial charge in [-0.15, -0.1) is 0 Å². The lowest BCUT2D eigenvalue weighted by Crippen LogP contribution is -2.21. The zero-order valence-electron chi connectivity index (χ0n) is 14.4. The van der Waals surface area contributed by atoms with Gasteiger partial charge in [0.25, 0.3) is 0 Å². The number of alkyl halides is 3. The van der Waals surface area contributed by atoms with Crippen LogP contribution >= 0.6 is 15.9 Å². The number of anilines is 1. The summed E-state index contributed by atoms with van der Waals surface area (Å²) >= 11 is 3.47. The molecule has 0 atom stereocenters. The summed E-state index contributed by atoms with van der Waals surface area (Å²) in [5.74, 6) is -1.59. The number of halogens is 4. The standard InChI is InChI=1S/C14H14BrN5O.C2HF3O2/c1-8-6-10-11(7-9(8)15)19-14(18-10)20-13(21)3-2-12-16-4-5-17-12;3-2(4,5)1(6)7/h4-7H,2-3H2,1H3,(H,16,17)(H2,18,19,20,21);(H,6,7). The molecule has 1 amide bonds. The van der Waals surface area contributed by atoms with Crippen LogP contribution in [0.3, 0.4) is 0 Å². The number of carbonyl (C=O) groups excluding carboxylic acids is 1. The summed E-state index contributed by atoms with van der Waals surface area (Å²) in [6.07, 6.45) is -0.740. The van der Waals surface area contributed by atoms with Gasteiger partial charge in [-0.05, 0) is 24.6 Å². The highest BCUT2D eigenvalue weighted by molar-refractivity contribution is 9.10. The number of nitrogens with one attached hydrogen (secondary N) is 3. The Morgan fingerprint density at radius 3 is 2.57 bits per heavy atom. The maximum Gasteiger partial charge on any atom is 0.490 e. The van der Waals surface area contributed by atoms with Gasteiger partial charge in [-0.3, -0.25) is 10.1 Å². The third kappa shape index (κ3) is 6.08. The van der Waals surface area contributed by atoms with Gasteiger partial charge >= 0.3 is 12.1 Å². The molecule has 4 N–H and O–H groups in total. The van der Waals surface area contributed by atoms with Crippen LogP contribution in [0.2, 0.25) is 0 Å². The minimum Gasteiger partial charge on any atom is -0.475 e. The number of fused-ring (bicyclic) bond motifs is 1. The van der Waals surface area contributed by atoms with Gasteiger partial charge in [-0.2, -0.15) is 13.2 Å². The highest BCUT2D eigenvalue weighted by Crippen LogP contribution is 2.23. The van der Waals surface area contributed by atoms with E-state index in [4.69, 9.17) is 9.90 Å². The maximum absolute atomic E-state index is 11.9. The molecule has 150 valence electrons. The van der Waals surface area contributed by atoms with Crippen molar-refractivity contribution in [2.75, 3.05) is 5.32 Å². The molecule has 12 heteroatoms. The minimum atomic E-state index is -5.08. The molecule has 0 aliphatic rings. The van der Waals surface area contributed by atoms with Crippen molar-refractivity contribution in [3.63, 3.8) is 0 Å². The van der Waals surface area contributed by atoms with E-state index in [2.05, 4.69) is 41.2 Å². The van der Waals surface area contributed by atoms with Crippen LogP contribution < -0.4 is 5.32 Å². The third-order valence-electron chi connectivity index (χ3n) is 3.41. The van der Waals surface area contributed by atoms with Crippen LogP contribution in [0.5, 0.6) is 0 Å². The first-order valence-corrected chi connectivity index (χ1v) is 8.59. The fourth-order valence-corrected chi connectivity index (χ4v) is 2.39. The zero-order chi connectivity index (χ0) is 20.9. The van der Waals surface area contributed by atoms with Gasteiger partial charge in [-0.25, -0.2) is 14.8 Å². The van der Waals surface area contributed by atoms with E-state index >= 15 is 0 Å². The molecule has 2 heterocycles. The molecular formula is C16H15BrF3N5O3. The fourth-order valence-electron chi connectivity index (χ4n) is 2.06. The van der Waals surface area contributed by atoms with Crippen LogP contribution in [0.15, 0.2) is 29.0 Å². The maximum atomic E-state index is 11.9. The second-order valence-electron chi connectivity index (χ2n) is 5.59. The lowest BCUT2D eigenvalue weighted by molar-refractivity contribution is -0.192. The van der Waals surface area contributed by atoms with Gasteiger partial charge < -0.3 is 15.1 Å². The molecule has 0 bridgehead atoms. The minimum absolute atomic E-state index is 0.0961. The number of aromatic amines is 2. The smallest absolute Gasteiger partial charge is 0.475 e. The predicted molar refractivity (Wildman–Crippen MR) is 97.8 cm³/mol. The predicted octanol–water partition coefficient (Wildman–Crippen LogP) is 3.56. The number of imidazole rings is 2. The van der Waals surface area contributed by atoms with Gasteiger partial charge in [0.2, 0.25) is 11.9 Å². The van der Waals surface area contributed by atoms with E-state index in [1.165, 1.54) is 0 Å². The second kappa shape index (κ2) is 8.87. The molecule has 3 aromatic rings. The van der Waals surface area contributed by atoms with Crippen molar-refractivity contribution in [3.8, 4) is 0 Å². The zero-order valence-corrected chi connectivity index (χ0v) is 16.0. The number of rotatable bonds is 4. The molecule has 3 rings (SSSR count). The average Bonchev–Trinajstić information content (AvgIpc) is 3.22. The average molecular weight is 462 g/mol. The van der Waals surface area contributed by atoms with Crippen molar-refractivity contribution in [2.45, 2.75) is 25.9 Å². The number of aryl methyl sites for hydroxylation is 2. The van der Waals surface area contributed by atoms with Gasteiger partial charge in [0.05, 0.1) is 11.0 Å². The van der Waals surface area contributed by atoms with Crippen molar-refractivity contribution < 1.29 is 27.9 Å². The Morgan fingerprint density at radius 1 is 1.32 bits per heavy atom. The van der Waals surface area contributed by atoms with Crippen molar-refractivity contribution >= 4 is 44.8 Å².